The second-order valence-corrected chi connectivity index (χ2v) is 6.92. The van der Waals surface area contributed by atoms with Crippen LogP contribution >= 0.6 is 0 Å². The summed E-state index contributed by atoms with van der Waals surface area (Å²) in [5.74, 6) is 1.55. The standard InChI is InChI=1S/C18H25N3/c1-13(2)12-21(16-7-3-4-8-16)18-15(11-19)10-14-6-5-9-17(14)20-18/h10,13,16H,3-9,12H2,1-2H3. The summed E-state index contributed by atoms with van der Waals surface area (Å²) in [6.07, 6.45) is 8.47. The highest BCUT2D eigenvalue weighted by Gasteiger charge is 2.27. The van der Waals surface area contributed by atoms with E-state index in [1.165, 1.54) is 43.4 Å². The van der Waals surface area contributed by atoms with Gasteiger partial charge in [0.2, 0.25) is 0 Å². The summed E-state index contributed by atoms with van der Waals surface area (Å²) in [5.41, 5.74) is 3.31. The Morgan fingerprint density at radius 1 is 1.29 bits per heavy atom. The lowest BCUT2D eigenvalue weighted by Gasteiger charge is -2.32. The van der Waals surface area contributed by atoms with Crippen molar-refractivity contribution >= 4 is 5.82 Å². The van der Waals surface area contributed by atoms with Crippen LogP contribution in [0, 0.1) is 17.2 Å². The van der Waals surface area contributed by atoms with Crippen LogP contribution in [0.1, 0.15) is 62.8 Å². The van der Waals surface area contributed by atoms with E-state index in [4.69, 9.17) is 4.98 Å². The maximum absolute atomic E-state index is 9.56. The molecule has 1 fully saturated rings. The van der Waals surface area contributed by atoms with Gasteiger partial charge in [-0.05, 0) is 49.7 Å². The Kier molecular flexibility index (Phi) is 4.14. The van der Waals surface area contributed by atoms with Crippen molar-refractivity contribution in [2.75, 3.05) is 11.4 Å². The van der Waals surface area contributed by atoms with Crippen molar-refractivity contribution in [1.29, 1.82) is 5.26 Å². The molecule has 1 saturated carbocycles. The van der Waals surface area contributed by atoms with Gasteiger partial charge in [-0.25, -0.2) is 4.98 Å². The van der Waals surface area contributed by atoms with E-state index in [1.54, 1.807) is 0 Å². The second kappa shape index (κ2) is 6.05. The normalized spacial score (nSPS) is 18.0. The van der Waals surface area contributed by atoms with Crippen LogP contribution < -0.4 is 4.90 Å². The first-order chi connectivity index (χ1) is 10.2. The van der Waals surface area contributed by atoms with E-state index < -0.39 is 0 Å². The fraction of sp³-hybridized carbons (Fsp3) is 0.667. The molecule has 3 heteroatoms. The highest BCUT2D eigenvalue weighted by atomic mass is 15.2. The van der Waals surface area contributed by atoms with Gasteiger partial charge in [0.15, 0.2) is 0 Å². The van der Waals surface area contributed by atoms with E-state index in [2.05, 4.69) is 30.9 Å². The molecule has 0 unspecified atom stereocenters. The van der Waals surface area contributed by atoms with Gasteiger partial charge in [-0.3, -0.25) is 0 Å². The molecule has 21 heavy (non-hydrogen) atoms. The average molecular weight is 283 g/mol. The summed E-state index contributed by atoms with van der Waals surface area (Å²) in [6, 6.07) is 5.08. The maximum atomic E-state index is 9.56. The summed E-state index contributed by atoms with van der Waals surface area (Å²) in [6.45, 7) is 5.51. The minimum absolute atomic E-state index is 0.575. The third kappa shape index (κ3) is 2.90. The molecule has 1 aromatic rings. The quantitative estimate of drug-likeness (QED) is 0.842. The molecule has 0 N–H and O–H groups in total. The van der Waals surface area contributed by atoms with Crippen molar-refractivity contribution < 1.29 is 0 Å². The smallest absolute Gasteiger partial charge is 0.147 e. The molecule has 0 aromatic carbocycles. The molecule has 0 amide bonds. The Hall–Kier alpha value is -1.56. The van der Waals surface area contributed by atoms with Crippen LogP contribution in [0.5, 0.6) is 0 Å². The van der Waals surface area contributed by atoms with Crippen LogP contribution in [-0.2, 0) is 12.8 Å². The molecular weight excluding hydrogens is 258 g/mol. The molecule has 2 aliphatic carbocycles. The molecule has 0 spiro atoms. The van der Waals surface area contributed by atoms with Gasteiger partial charge in [-0.2, -0.15) is 5.26 Å². The van der Waals surface area contributed by atoms with Gasteiger partial charge < -0.3 is 4.90 Å². The topological polar surface area (TPSA) is 39.9 Å². The summed E-state index contributed by atoms with van der Waals surface area (Å²) >= 11 is 0. The van der Waals surface area contributed by atoms with Crippen LogP contribution in [0.25, 0.3) is 0 Å². The third-order valence-electron chi connectivity index (χ3n) is 4.75. The molecule has 1 aromatic heterocycles. The minimum Gasteiger partial charge on any atom is -0.352 e. The number of nitrogens with zero attached hydrogens (tertiary/aromatic N) is 3. The average Bonchev–Trinajstić information content (AvgIpc) is 3.13. The summed E-state index contributed by atoms with van der Waals surface area (Å²) in [5, 5.41) is 9.56. The first kappa shape index (κ1) is 14.4. The van der Waals surface area contributed by atoms with Gasteiger partial charge >= 0.3 is 0 Å². The van der Waals surface area contributed by atoms with Crippen molar-refractivity contribution in [1.82, 2.24) is 4.98 Å². The van der Waals surface area contributed by atoms with Gasteiger partial charge in [0, 0.05) is 18.3 Å². The third-order valence-corrected chi connectivity index (χ3v) is 4.75. The van der Waals surface area contributed by atoms with E-state index in [1.807, 2.05) is 0 Å². The largest absolute Gasteiger partial charge is 0.352 e. The van der Waals surface area contributed by atoms with E-state index in [0.29, 0.717) is 12.0 Å². The molecule has 3 rings (SSSR count). The molecule has 0 radical (unpaired) electrons. The zero-order valence-corrected chi connectivity index (χ0v) is 13.2. The number of fused-ring (bicyclic) bond motifs is 1. The maximum Gasteiger partial charge on any atom is 0.147 e. The molecule has 2 aliphatic rings. The van der Waals surface area contributed by atoms with Gasteiger partial charge in [0.25, 0.3) is 0 Å². The number of aryl methyl sites for hydroxylation is 2. The zero-order chi connectivity index (χ0) is 14.8. The summed E-state index contributed by atoms with van der Waals surface area (Å²) in [7, 11) is 0. The monoisotopic (exact) mass is 283 g/mol. The van der Waals surface area contributed by atoms with Crippen molar-refractivity contribution in [2.24, 2.45) is 5.92 Å². The Morgan fingerprint density at radius 3 is 2.71 bits per heavy atom. The lowest BCUT2D eigenvalue weighted by Crippen LogP contribution is -2.37. The van der Waals surface area contributed by atoms with Crippen LogP contribution in [0.2, 0.25) is 0 Å². The number of rotatable bonds is 4. The molecule has 112 valence electrons. The highest BCUT2D eigenvalue weighted by Crippen LogP contribution is 2.32. The number of aromatic nitrogens is 1. The molecular formula is C18H25N3. The predicted octanol–water partition coefficient (Wildman–Crippen LogP) is 3.85. The first-order valence-electron chi connectivity index (χ1n) is 8.38. The second-order valence-electron chi connectivity index (χ2n) is 6.92. The van der Waals surface area contributed by atoms with Crippen molar-refractivity contribution in [2.45, 2.75) is 64.8 Å². The fourth-order valence-electron chi connectivity index (χ4n) is 3.78. The van der Waals surface area contributed by atoms with Crippen LogP contribution in [-0.4, -0.2) is 17.6 Å². The molecule has 0 atom stereocenters. The number of hydrogen-bond acceptors (Lipinski definition) is 3. The van der Waals surface area contributed by atoms with E-state index in [9.17, 15) is 5.26 Å². The van der Waals surface area contributed by atoms with Crippen molar-refractivity contribution in [3.8, 4) is 6.07 Å². The van der Waals surface area contributed by atoms with Gasteiger partial charge in [0.1, 0.15) is 11.9 Å². The lowest BCUT2D eigenvalue weighted by atomic mass is 10.1. The molecule has 0 saturated heterocycles. The first-order valence-corrected chi connectivity index (χ1v) is 8.38. The lowest BCUT2D eigenvalue weighted by molar-refractivity contribution is 0.530. The number of nitriles is 1. The predicted molar refractivity (Wildman–Crippen MR) is 85.4 cm³/mol. The highest BCUT2D eigenvalue weighted by molar-refractivity contribution is 5.57. The zero-order valence-electron chi connectivity index (χ0n) is 13.2. The Balaban J connectivity index is 1.99. The van der Waals surface area contributed by atoms with E-state index >= 15 is 0 Å². The SMILES string of the molecule is CC(C)CN(c1nc2c(cc1C#N)CCC2)C1CCCC1. The van der Waals surface area contributed by atoms with Crippen LogP contribution in [0.3, 0.4) is 0 Å². The van der Waals surface area contributed by atoms with Gasteiger partial charge in [-0.1, -0.05) is 26.7 Å². The summed E-state index contributed by atoms with van der Waals surface area (Å²) in [4.78, 5) is 7.36. The number of pyridine rings is 1. The molecule has 1 heterocycles. The van der Waals surface area contributed by atoms with E-state index in [0.717, 1.165) is 30.8 Å². The van der Waals surface area contributed by atoms with Crippen LogP contribution in [0.4, 0.5) is 5.82 Å². The summed E-state index contributed by atoms with van der Waals surface area (Å²) < 4.78 is 0. The Morgan fingerprint density at radius 2 is 2.05 bits per heavy atom. The minimum atomic E-state index is 0.575. The van der Waals surface area contributed by atoms with Crippen LogP contribution in [0.15, 0.2) is 6.07 Å². The van der Waals surface area contributed by atoms with Gasteiger partial charge in [0.05, 0.1) is 5.56 Å². The van der Waals surface area contributed by atoms with E-state index in [-0.39, 0.29) is 0 Å². The van der Waals surface area contributed by atoms with Crippen molar-refractivity contribution in [3.63, 3.8) is 0 Å². The molecule has 0 bridgehead atoms. The number of hydrogen-bond donors (Lipinski definition) is 0. The Bertz CT molecular complexity index is 550. The number of anilines is 1. The fourth-order valence-corrected chi connectivity index (χ4v) is 3.78. The van der Waals surface area contributed by atoms with Gasteiger partial charge in [-0.15, -0.1) is 0 Å². The van der Waals surface area contributed by atoms with Crippen molar-refractivity contribution in [3.05, 3.63) is 22.9 Å². The molecule has 0 aliphatic heterocycles. The molecule has 3 nitrogen and oxygen atoms in total. The Labute approximate surface area is 128 Å².